The number of benzene rings is 1. The average molecular weight is 180 g/mol. The van der Waals surface area contributed by atoms with Gasteiger partial charge < -0.3 is 15.5 Å². The number of hydrogen-bond acceptors (Lipinski definition) is 3. The first-order valence-corrected chi connectivity index (χ1v) is 2.86. The van der Waals surface area contributed by atoms with Crippen LogP contribution in [0.2, 0.25) is 1.41 Å². The lowest BCUT2D eigenvalue weighted by molar-refractivity contribution is 0.177. The van der Waals surface area contributed by atoms with Crippen LogP contribution in [-0.2, 0) is 0 Å². The smallest absolute Gasteiger partial charge is 0.293 e. The molecule has 0 spiro atoms. The van der Waals surface area contributed by atoms with Gasteiger partial charge in [-0.05, 0) is 24.6 Å². The standard InChI is InChI=1S/C9H13NO2/c1-10-6-9(12)7-3-2-4-8(11)5-7/h2-5,9-12H,6H2,1H3/i1D3,2D,3D,4D,5D,6D2,9D,12D/hD2. The van der Waals surface area contributed by atoms with Crippen LogP contribution in [0, 0.1) is 0 Å². The first-order chi connectivity index (χ1) is 11.2. The minimum Gasteiger partial charge on any atom is -0.508 e. The zero-order chi connectivity index (χ0) is 20.0. The van der Waals surface area contributed by atoms with E-state index in [1.54, 1.807) is 0 Å². The monoisotopic (exact) mass is 180 g/mol. The van der Waals surface area contributed by atoms with Crippen LogP contribution in [0.4, 0.5) is 0 Å². The Hall–Kier alpha value is -1.06. The van der Waals surface area contributed by atoms with Gasteiger partial charge in [0.25, 0.3) is 1.43 Å². The second-order valence-corrected chi connectivity index (χ2v) is 1.76. The molecule has 0 aliphatic heterocycles. The number of nitrogens with one attached hydrogen (secondary N) is 1. The maximum absolute atomic E-state index is 8.05. The van der Waals surface area contributed by atoms with E-state index in [0.29, 0.717) is 0 Å². The molecule has 3 nitrogen and oxygen atoms in total. The van der Waals surface area contributed by atoms with E-state index in [2.05, 4.69) is 10.2 Å². The van der Waals surface area contributed by atoms with Crippen molar-refractivity contribution in [1.29, 1.82) is 2.86 Å². The molecule has 0 fully saturated rings. The van der Waals surface area contributed by atoms with Crippen molar-refractivity contribution in [2.24, 2.45) is 0 Å². The van der Waals surface area contributed by atoms with Crippen molar-refractivity contribution in [3.05, 3.63) is 29.7 Å². The van der Waals surface area contributed by atoms with E-state index in [9.17, 15) is 0 Å². The Balaban J connectivity index is 3.84. The van der Waals surface area contributed by atoms with E-state index in [0.717, 1.165) is 0 Å². The highest BCUT2D eigenvalue weighted by Gasteiger charge is 2.05. The minimum atomic E-state index is -3.60. The van der Waals surface area contributed by atoms with Crippen molar-refractivity contribution < 1.29 is 25.3 Å². The second-order valence-electron chi connectivity index (χ2n) is 1.76. The molecule has 3 heteroatoms. The number of phenols is 1. The van der Waals surface area contributed by atoms with Crippen LogP contribution in [0.1, 0.15) is 25.4 Å². The summed E-state index contributed by atoms with van der Waals surface area (Å²) in [6, 6.07) is -3.96. The third-order valence-electron chi connectivity index (χ3n) is 0.987. The lowest BCUT2D eigenvalue weighted by Crippen LogP contribution is -2.16. The van der Waals surface area contributed by atoms with E-state index in [4.69, 9.17) is 18.0 Å². The van der Waals surface area contributed by atoms with Gasteiger partial charge in [-0.2, -0.15) is 0 Å². The van der Waals surface area contributed by atoms with Gasteiger partial charge in [0.2, 0.25) is 1.43 Å². The zero-order valence-electron chi connectivity index (χ0n) is 18.8. The lowest BCUT2D eigenvalue weighted by atomic mass is 10.1. The van der Waals surface area contributed by atoms with Crippen molar-refractivity contribution in [3.63, 3.8) is 0 Å². The number of phenolic OH excluding ortho intramolecular Hbond substituents is 1. The fraction of sp³-hybridized carbons (Fsp3) is 0.333. The Morgan fingerprint density at radius 3 is 3.83 bits per heavy atom. The second kappa shape index (κ2) is 4.09. The van der Waals surface area contributed by atoms with Crippen LogP contribution in [0.15, 0.2) is 24.2 Å². The summed E-state index contributed by atoms with van der Waals surface area (Å²) in [7, 11) is 0. The van der Waals surface area contributed by atoms with E-state index >= 15 is 0 Å². The van der Waals surface area contributed by atoms with Crippen LogP contribution in [0.5, 0.6) is 5.75 Å². The molecule has 3 N–H and O–H groups in total. The Bertz CT molecular complexity index is 662. The molecule has 0 saturated carbocycles. The summed E-state index contributed by atoms with van der Waals surface area (Å²) in [6.07, 6.45) is -3.45. The molecule has 0 saturated heterocycles. The molecule has 1 aromatic rings. The molecule has 0 aromatic heterocycles. The SMILES string of the molecule is [2H]Oc1c([2H])c([2H])c([2H])c(C([2H])(O[2H])C([2H])([2H])N([2H])C([2H])([2H])[2H])c1[2H]. The van der Waals surface area contributed by atoms with Crippen molar-refractivity contribution in [3.8, 4) is 5.75 Å². The number of hydrogen-bond donors (Lipinski definition) is 3. The van der Waals surface area contributed by atoms with Crippen LogP contribution in [-0.4, -0.2) is 26.6 Å². The van der Waals surface area contributed by atoms with Crippen molar-refractivity contribution in [2.45, 2.75) is 6.08 Å². The molecular weight excluding hydrogens is 154 g/mol. The van der Waals surface area contributed by atoms with E-state index in [1.165, 1.54) is 0 Å². The van der Waals surface area contributed by atoms with Gasteiger partial charge in [-0.25, -0.2) is 0 Å². The zero-order valence-corrected chi connectivity index (χ0v) is 5.76. The van der Waals surface area contributed by atoms with Gasteiger partial charge in [-0.3, -0.25) is 0 Å². The summed E-state index contributed by atoms with van der Waals surface area (Å²) < 4.78 is 96.8. The molecule has 1 unspecified atom stereocenters. The summed E-state index contributed by atoms with van der Waals surface area (Å²) in [5.74, 6) is -0.911. The molecule has 1 rings (SSSR count). The Morgan fingerprint density at radius 2 is 3.08 bits per heavy atom. The first-order valence-electron chi connectivity index (χ1n) is 9.12. The van der Waals surface area contributed by atoms with Crippen molar-refractivity contribution in [1.82, 2.24) is 5.31 Å². The van der Waals surface area contributed by atoms with Crippen molar-refractivity contribution >= 4 is 0 Å². The third-order valence-corrected chi connectivity index (χ3v) is 0.987. The van der Waals surface area contributed by atoms with E-state index in [-0.39, 0.29) is 0 Å². The van der Waals surface area contributed by atoms with Gasteiger partial charge in [-0.15, -0.1) is 0 Å². The van der Waals surface area contributed by atoms with Crippen LogP contribution in [0.25, 0.3) is 0 Å². The maximum Gasteiger partial charge on any atom is 0.293 e. The number of rotatable bonds is 5. The molecule has 1 atom stereocenters. The summed E-state index contributed by atoms with van der Waals surface area (Å²) in [4.78, 5) is 0. The number of aromatic hydroxyl groups is 1. The first kappa shape index (κ1) is 1.89. The fourth-order valence-corrected chi connectivity index (χ4v) is 0.547. The molecular formula is C9H13NO2. The molecule has 66 valence electrons. The van der Waals surface area contributed by atoms with Gasteiger partial charge in [0.15, 0.2) is 0 Å². The highest BCUT2D eigenvalue weighted by Crippen LogP contribution is 2.17. The van der Waals surface area contributed by atoms with Crippen molar-refractivity contribution in [2.75, 3.05) is 13.5 Å². The molecule has 12 heavy (non-hydrogen) atoms. The third kappa shape index (κ3) is 2.22. The number of aliphatic hydroxyl groups is 1. The largest absolute Gasteiger partial charge is 0.508 e. The van der Waals surface area contributed by atoms with Crippen LogP contribution >= 0.6 is 0 Å². The highest BCUT2D eigenvalue weighted by atomic mass is 16.3. The molecule has 0 heterocycles. The predicted octanol–water partition coefficient (Wildman–Crippen LogP) is 0.645. The van der Waals surface area contributed by atoms with E-state index in [1.807, 2.05) is 0 Å². The molecule has 1 aromatic carbocycles. The van der Waals surface area contributed by atoms with Gasteiger partial charge in [0.1, 0.15) is 7.16 Å². The van der Waals surface area contributed by atoms with Gasteiger partial charge in [0.05, 0.1) is 12.9 Å². The predicted molar refractivity (Wildman–Crippen MR) is 47.0 cm³/mol. The van der Waals surface area contributed by atoms with Crippen LogP contribution < -0.4 is 5.31 Å². The highest BCUT2D eigenvalue weighted by molar-refractivity contribution is 5.28. The Morgan fingerprint density at radius 1 is 2.08 bits per heavy atom. The van der Waals surface area contributed by atoms with Gasteiger partial charge >= 0.3 is 0 Å². The molecule has 0 aliphatic rings. The lowest BCUT2D eigenvalue weighted by Gasteiger charge is -2.09. The summed E-state index contributed by atoms with van der Waals surface area (Å²) in [5, 5.41) is 7.36. The normalized spacial score (nSPS) is 33.2. The maximum atomic E-state index is 8.05. The number of likely N-dealkylation sites (N-methyl/N-ethyl adjacent to an activating group) is 1. The van der Waals surface area contributed by atoms with E-state index < -0.39 is 60.3 Å². The average Bonchev–Trinajstić information content (AvgIpc) is 2.51. The fourth-order valence-electron chi connectivity index (χ4n) is 0.547. The molecule has 0 radical (unpaired) electrons. The van der Waals surface area contributed by atoms with Gasteiger partial charge in [0, 0.05) is 13.4 Å². The molecule has 0 aliphatic carbocycles. The van der Waals surface area contributed by atoms with Gasteiger partial charge in [-0.1, -0.05) is 12.1 Å². The quantitative estimate of drug-likeness (QED) is 0.623. The Labute approximate surface area is 90.2 Å². The molecule has 0 bridgehead atoms. The molecule has 0 amide bonds. The summed E-state index contributed by atoms with van der Waals surface area (Å²) in [5.41, 5.74) is -1.13. The summed E-state index contributed by atoms with van der Waals surface area (Å²) in [6.45, 7) is -6.98. The minimum absolute atomic E-state index is 0.639. The topological polar surface area (TPSA) is 52.5 Å². The summed E-state index contributed by atoms with van der Waals surface area (Å²) >= 11 is 0. The van der Waals surface area contributed by atoms with Crippen LogP contribution in [0.3, 0.4) is 0 Å². The Kier molecular flexibility index (Phi) is 0.643.